The molecule has 0 bridgehead atoms. The normalized spacial score (nSPS) is 18.9. The summed E-state index contributed by atoms with van der Waals surface area (Å²) >= 11 is 0. The SMILES string of the molecule is COCC1CCN(c2ccccc2[C@@H](C)O)CC1. The Labute approximate surface area is 109 Å². The van der Waals surface area contributed by atoms with Crippen molar-refractivity contribution in [3.05, 3.63) is 29.8 Å². The molecule has 0 aliphatic carbocycles. The van der Waals surface area contributed by atoms with E-state index in [-0.39, 0.29) is 0 Å². The Morgan fingerprint density at radius 3 is 2.61 bits per heavy atom. The largest absolute Gasteiger partial charge is 0.389 e. The highest BCUT2D eigenvalue weighted by atomic mass is 16.5. The molecule has 1 aromatic carbocycles. The number of para-hydroxylation sites is 1. The zero-order valence-electron chi connectivity index (χ0n) is 11.3. The third-order valence-electron chi connectivity index (χ3n) is 3.74. The molecular weight excluding hydrogens is 226 g/mol. The first kappa shape index (κ1) is 13.4. The summed E-state index contributed by atoms with van der Waals surface area (Å²) < 4.78 is 5.23. The van der Waals surface area contributed by atoms with Crippen LogP contribution in [0.4, 0.5) is 5.69 Å². The fourth-order valence-electron chi connectivity index (χ4n) is 2.71. The summed E-state index contributed by atoms with van der Waals surface area (Å²) in [7, 11) is 1.77. The van der Waals surface area contributed by atoms with Gasteiger partial charge in [0.15, 0.2) is 0 Å². The molecule has 0 saturated carbocycles. The molecule has 100 valence electrons. The van der Waals surface area contributed by atoms with Crippen molar-refractivity contribution in [2.45, 2.75) is 25.9 Å². The van der Waals surface area contributed by atoms with Crippen molar-refractivity contribution in [1.82, 2.24) is 0 Å². The van der Waals surface area contributed by atoms with Gasteiger partial charge in [0.2, 0.25) is 0 Å². The van der Waals surface area contributed by atoms with Crippen molar-refractivity contribution in [1.29, 1.82) is 0 Å². The van der Waals surface area contributed by atoms with Crippen LogP contribution in [0, 0.1) is 5.92 Å². The van der Waals surface area contributed by atoms with Crippen molar-refractivity contribution >= 4 is 5.69 Å². The summed E-state index contributed by atoms with van der Waals surface area (Å²) in [6.45, 7) is 4.80. The predicted octanol–water partition coefficient (Wildman–Crippen LogP) is 2.60. The zero-order valence-corrected chi connectivity index (χ0v) is 11.3. The smallest absolute Gasteiger partial charge is 0.0781 e. The fourth-order valence-corrected chi connectivity index (χ4v) is 2.71. The van der Waals surface area contributed by atoms with Gasteiger partial charge < -0.3 is 14.7 Å². The van der Waals surface area contributed by atoms with Gasteiger partial charge in [-0.1, -0.05) is 18.2 Å². The second-order valence-electron chi connectivity index (χ2n) is 5.12. The number of nitrogens with zero attached hydrogens (tertiary/aromatic N) is 1. The lowest BCUT2D eigenvalue weighted by Crippen LogP contribution is -2.35. The second-order valence-corrected chi connectivity index (χ2v) is 5.12. The molecule has 1 aliphatic heterocycles. The molecule has 1 N–H and O–H groups in total. The average Bonchev–Trinajstić information content (AvgIpc) is 2.40. The first-order valence-corrected chi connectivity index (χ1v) is 6.73. The summed E-state index contributed by atoms with van der Waals surface area (Å²) in [6, 6.07) is 8.16. The number of hydrogen-bond acceptors (Lipinski definition) is 3. The summed E-state index contributed by atoms with van der Waals surface area (Å²) in [5.74, 6) is 0.685. The van der Waals surface area contributed by atoms with Gasteiger partial charge in [-0.25, -0.2) is 0 Å². The molecule has 0 radical (unpaired) electrons. The quantitative estimate of drug-likeness (QED) is 0.890. The van der Waals surface area contributed by atoms with Crippen LogP contribution in [0.3, 0.4) is 0 Å². The van der Waals surface area contributed by atoms with E-state index in [1.165, 1.54) is 18.5 Å². The average molecular weight is 249 g/mol. The van der Waals surface area contributed by atoms with Crippen LogP contribution >= 0.6 is 0 Å². The monoisotopic (exact) mass is 249 g/mol. The maximum absolute atomic E-state index is 9.82. The van der Waals surface area contributed by atoms with E-state index in [9.17, 15) is 5.11 Å². The van der Waals surface area contributed by atoms with Gasteiger partial charge in [0.25, 0.3) is 0 Å². The molecule has 1 heterocycles. The molecule has 18 heavy (non-hydrogen) atoms. The Balaban J connectivity index is 2.05. The van der Waals surface area contributed by atoms with E-state index < -0.39 is 6.10 Å². The number of rotatable bonds is 4. The van der Waals surface area contributed by atoms with Crippen LogP contribution in [0.25, 0.3) is 0 Å². The van der Waals surface area contributed by atoms with E-state index in [1.807, 2.05) is 25.1 Å². The number of aliphatic hydroxyl groups excluding tert-OH is 1. The van der Waals surface area contributed by atoms with E-state index in [0.29, 0.717) is 5.92 Å². The standard InChI is InChI=1S/C15H23NO2/c1-12(17)14-5-3-4-6-15(14)16-9-7-13(8-10-16)11-18-2/h3-6,12-13,17H,7-11H2,1-2H3/t12-/m1/s1. The minimum atomic E-state index is -0.405. The summed E-state index contributed by atoms with van der Waals surface area (Å²) in [4.78, 5) is 2.38. The Bertz CT molecular complexity index is 371. The van der Waals surface area contributed by atoms with Crippen LogP contribution in [-0.2, 0) is 4.74 Å². The molecule has 1 aromatic rings. The number of methoxy groups -OCH3 is 1. The number of ether oxygens (including phenoxy) is 1. The van der Waals surface area contributed by atoms with Crippen LogP contribution in [-0.4, -0.2) is 31.9 Å². The highest BCUT2D eigenvalue weighted by Gasteiger charge is 2.21. The highest BCUT2D eigenvalue weighted by Crippen LogP contribution is 2.29. The lowest BCUT2D eigenvalue weighted by molar-refractivity contribution is 0.139. The van der Waals surface area contributed by atoms with Gasteiger partial charge in [-0.15, -0.1) is 0 Å². The van der Waals surface area contributed by atoms with Gasteiger partial charge >= 0.3 is 0 Å². The van der Waals surface area contributed by atoms with Gasteiger partial charge in [-0.3, -0.25) is 0 Å². The second kappa shape index (κ2) is 6.21. The van der Waals surface area contributed by atoms with E-state index in [4.69, 9.17) is 4.74 Å². The molecule has 0 unspecified atom stereocenters. The Morgan fingerprint density at radius 2 is 2.00 bits per heavy atom. The number of hydrogen-bond donors (Lipinski definition) is 1. The third-order valence-corrected chi connectivity index (χ3v) is 3.74. The molecule has 3 nitrogen and oxygen atoms in total. The minimum absolute atomic E-state index is 0.405. The van der Waals surface area contributed by atoms with Gasteiger partial charge in [0.05, 0.1) is 6.10 Å². The first-order chi connectivity index (χ1) is 8.72. The Kier molecular flexibility index (Phi) is 4.61. The fraction of sp³-hybridized carbons (Fsp3) is 0.600. The molecule has 1 fully saturated rings. The topological polar surface area (TPSA) is 32.7 Å². The van der Waals surface area contributed by atoms with E-state index in [2.05, 4.69) is 11.0 Å². The molecule has 0 aromatic heterocycles. The number of piperidine rings is 1. The van der Waals surface area contributed by atoms with Crippen LogP contribution < -0.4 is 4.90 Å². The molecule has 3 heteroatoms. The van der Waals surface area contributed by atoms with Crippen LogP contribution in [0.15, 0.2) is 24.3 Å². The number of anilines is 1. The van der Waals surface area contributed by atoms with Crippen molar-refractivity contribution in [3.8, 4) is 0 Å². The molecule has 1 aliphatic rings. The van der Waals surface area contributed by atoms with Crippen molar-refractivity contribution in [2.75, 3.05) is 31.7 Å². The summed E-state index contributed by atoms with van der Waals surface area (Å²) in [6.07, 6.45) is 1.93. The summed E-state index contributed by atoms with van der Waals surface area (Å²) in [5, 5.41) is 9.82. The van der Waals surface area contributed by atoms with Crippen molar-refractivity contribution in [2.24, 2.45) is 5.92 Å². The van der Waals surface area contributed by atoms with E-state index in [1.54, 1.807) is 7.11 Å². The van der Waals surface area contributed by atoms with Gasteiger partial charge in [0, 0.05) is 38.1 Å². The predicted molar refractivity (Wildman–Crippen MR) is 73.9 cm³/mol. The number of aliphatic hydroxyl groups is 1. The molecule has 0 amide bonds. The molecular formula is C15H23NO2. The van der Waals surface area contributed by atoms with Crippen LogP contribution in [0.2, 0.25) is 0 Å². The Morgan fingerprint density at radius 1 is 1.33 bits per heavy atom. The van der Waals surface area contributed by atoms with Gasteiger partial charge in [-0.2, -0.15) is 0 Å². The first-order valence-electron chi connectivity index (χ1n) is 6.73. The van der Waals surface area contributed by atoms with Crippen molar-refractivity contribution in [3.63, 3.8) is 0 Å². The molecule has 2 rings (SSSR count). The minimum Gasteiger partial charge on any atom is -0.389 e. The van der Waals surface area contributed by atoms with E-state index >= 15 is 0 Å². The zero-order chi connectivity index (χ0) is 13.0. The van der Waals surface area contributed by atoms with Gasteiger partial charge in [-0.05, 0) is 31.7 Å². The maximum atomic E-state index is 9.82. The molecule has 0 spiro atoms. The molecule has 1 atom stereocenters. The lowest BCUT2D eigenvalue weighted by atomic mass is 9.96. The highest BCUT2D eigenvalue weighted by molar-refractivity contribution is 5.54. The Hall–Kier alpha value is -1.06. The third kappa shape index (κ3) is 3.03. The van der Waals surface area contributed by atoms with Crippen LogP contribution in [0.1, 0.15) is 31.4 Å². The van der Waals surface area contributed by atoms with Crippen LogP contribution in [0.5, 0.6) is 0 Å². The van der Waals surface area contributed by atoms with E-state index in [0.717, 1.165) is 25.3 Å². The lowest BCUT2D eigenvalue weighted by Gasteiger charge is -2.35. The number of benzene rings is 1. The summed E-state index contributed by atoms with van der Waals surface area (Å²) in [5.41, 5.74) is 2.21. The molecule has 1 saturated heterocycles. The van der Waals surface area contributed by atoms with Crippen molar-refractivity contribution < 1.29 is 9.84 Å². The van der Waals surface area contributed by atoms with Gasteiger partial charge in [0.1, 0.15) is 0 Å². The maximum Gasteiger partial charge on any atom is 0.0781 e.